The SMILES string of the molecule is Nc1cc(Cl)c(F)c(-c2cccs2)c1. The van der Waals surface area contributed by atoms with Gasteiger partial charge in [0.1, 0.15) is 0 Å². The molecule has 0 aliphatic rings. The van der Waals surface area contributed by atoms with Crippen molar-refractivity contribution in [1.29, 1.82) is 0 Å². The van der Waals surface area contributed by atoms with Gasteiger partial charge in [-0.1, -0.05) is 17.7 Å². The number of rotatable bonds is 1. The standard InChI is InChI=1S/C10H7ClFNS/c11-8-5-6(13)4-7(10(8)12)9-2-1-3-14-9/h1-5H,13H2. The molecule has 2 rings (SSSR count). The van der Waals surface area contributed by atoms with Gasteiger partial charge in [0.2, 0.25) is 0 Å². The molecule has 0 fully saturated rings. The molecule has 0 radical (unpaired) electrons. The third kappa shape index (κ3) is 1.61. The number of nitrogen functional groups attached to an aromatic ring is 1. The minimum Gasteiger partial charge on any atom is -0.399 e. The zero-order valence-electron chi connectivity index (χ0n) is 7.13. The van der Waals surface area contributed by atoms with Gasteiger partial charge < -0.3 is 5.73 Å². The highest BCUT2D eigenvalue weighted by molar-refractivity contribution is 7.13. The zero-order valence-corrected chi connectivity index (χ0v) is 8.70. The van der Waals surface area contributed by atoms with Gasteiger partial charge in [-0.05, 0) is 23.6 Å². The Hall–Kier alpha value is -1.06. The fraction of sp³-hybridized carbons (Fsp3) is 0. The normalized spacial score (nSPS) is 10.4. The molecule has 0 saturated heterocycles. The number of halogens is 2. The van der Waals surface area contributed by atoms with E-state index in [1.54, 1.807) is 6.07 Å². The first-order valence-electron chi connectivity index (χ1n) is 3.97. The second-order valence-electron chi connectivity index (χ2n) is 2.84. The summed E-state index contributed by atoms with van der Waals surface area (Å²) >= 11 is 7.14. The minimum absolute atomic E-state index is 0.0633. The Morgan fingerprint density at radius 1 is 1.36 bits per heavy atom. The maximum Gasteiger partial charge on any atom is 0.150 e. The second-order valence-corrected chi connectivity index (χ2v) is 4.20. The van der Waals surface area contributed by atoms with Crippen molar-refractivity contribution in [2.24, 2.45) is 0 Å². The van der Waals surface area contributed by atoms with Crippen LogP contribution in [0.15, 0.2) is 29.6 Å². The van der Waals surface area contributed by atoms with Gasteiger partial charge >= 0.3 is 0 Å². The molecule has 0 bridgehead atoms. The van der Waals surface area contributed by atoms with Gasteiger partial charge in [-0.25, -0.2) is 4.39 Å². The van der Waals surface area contributed by atoms with Crippen molar-refractivity contribution in [2.45, 2.75) is 0 Å². The molecule has 1 nitrogen and oxygen atoms in total. The zero-order chi connectivity index (χ0) is 10.1. The van der Waals surface area contributed by atoms with E-state index in [0.717, 1.165) is 4.88 Å². The van der Waals surface area contributed by atoms with E-state index in [1.165, 1.54) is 17.4 Å². The van der Waals surface area contributed by atoms with Crippen LogP contribution in [0.3, 0.4) is 0 Å². The summed E-state index contributed by atoms with van der Waals surface area (Å²) in [6, 6.07) is 6.69. The van der Waals surface area contributed by atoms with Crippen LogP contribution in [0.5, 0.6) is 0 Å². The van der Waals surface area contributed by atoms with Crippen LogP contribution in [0.1, 0.15) is 0 Å². The van der Waals surface area contributed by atoms with Crippen molar-refractivity contribution in [2.75, 3.05) is 5.73 Å². The number of nitrogens with two attached hydrogens (primary N) is 1. The van der Waals surface area contributed by atoms with Crippen molar-refractivity contribution in [3.05, 3.63) is 40.5 Å². The van der Waals surface area contributed by atoms with Crippen molar-refractivity contribution < 1.29 is 4.39 Å². The molecule has 0 spiro atoms. The Kier molecular flexibility index (Phi) is 2.44. The average Bonchev–Trinajstić information content (AvgIpc) is 2.63. The van der Waals surface area contributed by atoms with Crippen molar-refractivity contribution >= 4 is 28.6 Å². The summed E-state index contributed by atoms with van der Waals surface area (Å²) in [6.45, 7) is 0. The molecule has 4 heteroatoms. The third-order valence-corrected chi connectivity index (χ3v) is 3.02. The van der Waals surface area contributed by atoms with Gasteiger partial charge in [0.25, 0.3) is 0 Å². The maximum atomic E-state index is 13.6. The number of benzene rings is 1. The highest BCUT2D eigenvalue weighted by Gasteiger charge is 2.10. The van der Waals surface area contributed by atoms with E-state index < -0.39 is 5.82 Å². The van der Waals surface area contributed by atoms with Gasteiger partial charge in [-0.3, -0.25) is 0 Å². The predicted octanol–water partition coefficient (Wildman–Crippen LogP) is 3.79. The molecular formula is C10H7ClFNS. The molecule has 0 aliphatic carbocycles. The lowest BCUT2D eigenvalue weighted by atomic mass is 10.1. The molecule has 14 heavy (non-hydrogen) atoms. The third-order valence-electron chi connectivity index (χ3n) is 1.84. The molecule has 2 aromatic rings. The molecule has 0 saturated carbocycles. The van der Waals surface area contributed by atoms with Gasteiger partial charge in [-0.15, -0.1) is 11.3 Å². The summed E-state index contributed by atoms with van der Waals surface area (Å²) in [7, 11) is 0. The topological polar surface area (TPSA) is 26.0 Å². The van der Waals surface area contributed by atoms with Crippen LogP contribution in [0.4, 0.5) is 10.1 Å². The molecule has 72 valence electrons. The van der Waals surface area contributed by atoms with Gasteiger partial charge in [0.15, 0.2) is 5.82 Å². The van der Waals surface area contributed by atoms with E-state index in [9.17, 15) is 4.39 Å². The Bertz CT molecular complexity index is 453. The average molecular weight is 228 g/mol. The molecule has 1 heterocycles. The largest absolute Gasteiger partial charge is 0.399 e. The van der Waals surface area contributed by atoms with Crippen LogP contribution in [0, 0.1) is 5.82 Å². The molecular weight excluding hydrogens is 221 g/mol. The first kappa shape index (κ1) is 9.49. The smallest absolute Gasteiger partial charge is 0.150 e. The van der Waals surface area contributed by atoms with E-state index in [2.05, 4.69) is 0 Å². The van der Waals surface area contributed by atoms with Gasteiger partial charge in [0.05, 0.1) is 5.02 Å². The summed E-state index contributed by atoms with van der Waals surface area (Å²) in [5.74, 6) is -0.414. The van der Waals surface area contributed by atoms with Crippen molar-refractivity contribution in [1.82, 2.24) is 0 Å². The van der Waals surface area contributed by atoms with Crippen LogP contribution in [-0.2, 0) is 0 Å². The Morgan fingerprint density at radius 2 is 2.14 bits per heavy atom. The number of anilines is 1. The summed E-state index contributed by atoms with van der Waals surface area (Å²) in [5, 5.41) is 1.94. The quantitative estimate of drug-likeness (QED) is 0.737. The summed E-state index contributed by atoms with van der Waals surface area (Å²) < 4.78 is 13.6. The summed E-state index contributed by atoms with van der Waals surface area (Å²) in [5.41, 5.74) is 6.52. The fourth-order valence-corrected chi connectivity index (χ4v) is 2.19. The Balaban J connectivity index is 2.64. The molecule has 0 amide bonds. The summed E-state index contributed by atoms with van der Waals surface area (Å²) in [6.07, 6.45) is 0. The van der Waals surface area contributed by atoms with Gasteiger partial charge in [-0.2, -0.15) is 0 Å². The highest BCUT2D eigenvalue weighted by Crippen LogP contribution is 2.32. The van der Waals surface area contributed by atoms with E-state index in [4.69, 9.17) is 17.3 Å². The first-order valence-corrected chi connectivity index (χ1v) is 5.22. The molecule has 1 aromatic carbocycles. The number of thiophene rings is 1. The van der Waals surface area contributed by atoms with Gasteiger partial charge in [0, 0.05) is 16.1 Å². The molecule has 1 aromatic heterocycles. The lowest BCUT2D eigenvalue weighted by molar-refractivity contribution is 0.632. The number of hydrogen-bond acceptors (Lipinski definition) is 2. The molecule has 0 atom stereocenters. The molecule has 0 unspecified atom stereocenters. The highest BCUT2D eigenvalue weighted by atomic mass is 35.5. The van der Waals surface area contributed by atoms with E-state index in [0.29, 0.717) is 11.3 Å². The van der Waals surface area contributed by atoms with E-state index in [1.807, 2.05) is 17.5 Å². The van der Waals surface area contributed by atoms with Crippen LogP contribution < -0.4 is 5.73 Å². The minimum atomic E-state index is -0.414. The first-order chi connectivity index (χ1) is 6.68. The van der Waals surface area contributed by atoms with Crippen LogP contribution in [0.25, 0.3) is 10.4 Å². The van der Waals surface area contributed by atoms with Crippen molar-refractivity contribution in [3.8, 4) is 10.4 Å². The molecule has 2 N–H and O–H groups in total. The van der Waals surface area contributed by atoms with E-state index >= 15 is 0 Å². The van der Waals surface area contributed by atoms with Crippen LogP contribution in [-0.4, -0.2) is 0 Å². The summed E-state index contributed by atoms with van der Waals surface area (Å²) in [4.78, 5) is 0.830. The lowest BCUT2D eigenvalue weighted by Crippen LogP contribution is -1.89. The molecule has 0 aliphatic heterocycles. The second kappa shape index (κ2) is 3.59. The van der Waals surface area contributed by atoms with Crippen molar-refractivity contribution in [3.63, 3.8) is 0 Å². The monoisotopic (exact) mass is 227 g/mol. The Morgan fingerprint density at radius 3 is 2.79 bits per heavy atom. The predicted molar refractivity (Wildman–Crippen MR) is 59.1 cm³/mol. The van der Waals surface area contributed by atoms with Crippen LogP contribution in [0.2, 0.25) is 5.02 Å². The number of hydrogen-bond donors (Lipinski definition) is 1. The van der Waals surface area contributed by atoms with E-state index in [-0.39, 0.29) is 5.02 Å². The fourth-order valence-electron chi connectivity index (χ4n) is 1.22. The maximum absolute atomic E-state index is 13.6. The lowest BCUT2D eigenvalue weighted by Gasteiger charge is -2.03. The van der Waals surface area contributed by atoms with Crippen LogP contribution >= 0.6 is 22.9 Å². The Labute approximate surface area is 89.9 Å².